The summed E-state index contributed by atoms with van der Waals surface area (Å²) in [7, 11) is 0. The van der Waals surface area contributed by atoms with Crippen LogP contribution < -0.4 is 0 Å². The molecule has 0 saturated carbocycles. The van der Waals surface area contributed by atoms with E-state index in [9.17, 15) is 0 Å². The molecule has 0 atom stereocenters. The Balaban J connectivity index is 1.01. The normalized spacial score (nSPS) is 11.5. The molecule has 0 bridgehead atoms. The molecular weight excluding hydrogens is 773 g/mol. The first-order valence-electron chi connectivity index (χ1n) is 20.9. The molecule has 0 amide bonds. The fraction of sp³-hybridized carbons (Fsp3) is 0. The Bertz CT molecular complexity index is 3610. The number of hydrogen-bond acceptors (Lipinski definition) is 4. The van der Waals surface area contributed by atoms with Gasteiger partial charge in [0.2, 0.25) is 0 Å². The van der Waals surface area contributed by atoms with Crippen molar-refractivity contribution in [1.29, 1.82) is 0 Å². The molecule has 0 spiro atoms. The summed E-state index contributed by atoms with van der Waals surface area (Å²) in [6.07, 6.45) is 0. The molecule has 4 aromatic heterocycles. The van der Waals surface area contributed by atoms with Gasteiger partial charge in [0.05, 0.1) is 22.6 Å². The van der Waals surface area contributed by atoms with Crippen LogP contribution in [0.2, 0.25) is 0 Å². The third-order valence-electron chi connectivity index (χ3n) is 11.8. The first-order chi connectivity index (χ1) is 30.7. The fourth-order valence-electron chi connectivity index (χ4n) is 8.90. The molecule has 290 valence electrons. The van der Waals surface area contributed by atoms with Crippen molar-refractivity contribution in [3.05, 3.63) is 218 Å². The number of pyridine rings is 1. The van der Waals surface area contributed by atoms with E-state index in [0.29, 0.717) is 5.82 Å². The number of rotatable bonds is 7. The zero-order chi connectivity index (χ0) is 41.0. The highest BCUT2D eigenvalue weighted by atomic mass is 32.1. The number of benzene rings is 8. The van der Waals surface area contributed by atoms with Gasteiger partial charge in [0.15, 0.2) is 5.82 Å². The molecule has 0 N–H and O–H groups in total. The molecule has 0 radical (unpaired) electrons. The molecule has 4 nitrogen and oxygen atoms in total. The summed E-state index contributed by atoms with van der Waals surface area (Å²) in [4.78, 5) is 10.4. The summed E-state index contributed by atoms with van der Waals surface area (Å²) in [6, 6.07) is 77.3. The Kier molecular flexibility index (Phi) is 8.65. The molecule has 0 aliphatic rings. The number of fused-ring (bicyclic) bond motifs is 6. The Morgan fingerprint density at radius 1 is 0.387 bits per heavy atom. The van der Waals surface area contributed by atoms with Gasteiger partial charge in [-0.2, -0.15) is 5.10 Å². The van der Waals surface area contributed by atoms with Crippen molar-refractivity contribution in [2.45, 2.75) is 0 Å². The Morgan fingerprint density at radius 3 is 1.74 bits per heavy atom. The average molecular weight is 809 g/mol. The average Bonchev–Trinajstić information content (AvgIpc) is 3.95. The summed E-state index contributed by atoms with van der Waals surface area (Å²) >= 11 is 1.84. The molecule has 5 heteroatoms. The maximum Gasteiger partial charge on any atom is 0.160 e. The Labute approximate surface area is 362 Å². The van der Waals surface area contributed by atoms with Crippen LogP contribution in [-0.4, -0.2) is 19.6 Å². The monoisotopic (exact) mass is 808 g/mol. The number of aromatic nitrogens is 4. The van der Waals surface area contributed by atoms with Crippen LogP contribution in [0.15, 0.2) is 218 Å². The standard InChI is InChI=1S/C57H36N4S/c1-4-16-38(17-5-1)50-35-43-22-10-11-25-46(43)56-53(55(60-61(50)56)40-18-6-2-7-19-40)39-32-30-37(31-33-39)48-36-49(59-57(58-48)41-20-8-3-9-21-41)44-24-14-23-42(34-44)45-27-15-29-52-54(45)47-26-12-13-28-51(47)62-52/h1-36H. The maximum atomic E-state index is 5.41. The Morgan fingerprint density at radius 2 is 0.968 bits per heavy atom. The second-order valence-corrected chi connectivity index (χ2v) is 16.7. The van der Waals surface area contributed by atoms with Crippen LogP contribution in [0, 0.1) is 0 Å². The lowest BCUT2D eigenvalue weighted by atomic mass is 9.95. The second-order valence-electron chi connectivity index (χ2n) is 15.6. The summed E-state index contributed by atoms with van der Waals surface area (Å²) in [5, 5.41) is 10.3. The van der Waals surface area contributed by atoms with E-state index < -0.39 is 0 Å². The van der Waals surface area contributed by atoms with Gasteiger partial charge < -0.3 is 0 Å². The van der Waals surface area contributed by atoms with Crippen molar-refractivity contribution in [2.75, 3.05) is 0 Å². The summed E-state index contributed by atoms with van der Waals surface area (Å²) in [5.41, 5.74) is 14.5. The van der Waals surface area contributed by atoms with Crippen molar-refractivity contribution >= 4 is 47.8 Å². The lowest BCUT2D eigenvalue weighted by Gasteiger charge is -2.12. The molecule has 62 heavy (non-hydrogen) atoms. The molecule has 0 saturated heterocycles. The van der Waals surface area contributed by atoms with Gasteiger partial charge in [-0.15, -0.1) is 11.3 Å². The topological polar surface area (TPSA) is 43.1 Å². The lowest BCUT2D eigenvalue weighted by molar-refractivity contribution is 0.979. The molecule has 12 aromatic rings. The van der Waals surface area contributed by atoms with E-state index in [4.69, 9.17) is 15.1 Å². The molecular formula is C57H36N4S. The zero-order valence-corrected chi connectivity index (χ0v) is 34.3. The lowest BCUT2D eigenvalue weighted by Crippen LogP contribution is -1.96. The first-order valence-corrected chi connectivity index (χ1v) is 21.7. The van der Waals surface area contributed by atoms with Gasteiger partial charge in [0.1, 0.15) is 5.69 Å². The quantitative estimate of drug-likeness (QED) is 0.161. The SMILES string of the molecule is c1ccc(-c2nc(-c3ccc(-c4c(-c5ccccc5)nn5c(-c6ccccc6)cc6ccccc6c45)cc3)cc(-c3cccc(-c4cccc5sc6ccccc6c45)c3)n2)cc1. The predicted molar refractivity (Wildman–Crippen MR) is 259 cm³/mol. The van der Waals surface area contributed by atoms with Gasteiger partial charge in [-0.25, -0.2) is 14.5 Å². The Hall–Kier alpha value is -7.99. The number of thiophene rings is 1. The first kappa shape index (κ1) is 35.9. The van der Waals surface area contributed by atoms with Crippen LogP contribution in [0.25, 0.3) is 115 Å². The van der Waals surface area contributed by atoms with E-state index in [1.165, 1.54) is 31.1 Å². The largest absolute Gasteiger partial charge is 0.231 e. The van der Waals surface area contributed by atoms with E-state index in [-0.39, 0.29) is 0 Å². The van der Waals surface area contributed by atoms with Gasteiger partial charge in [-0.05, 0) is 52.4 Å². The van der Waals surface area contributed by atoms with Crippen LogP contribution in [0.1, 0.15) is 0 Å². The van der Waals surface area contributed by atoms with Gasteiger partial charge in [0.25, 0.3) is 0 Å². The van der Waals surface area contributed by atoms with Crippen LogP contribution in [-0.2, 0) is 0 Å². The summed E-state index contributed by atoms with van der Waals surface area (Å²) in [6.45, 7) is 0. The van der Waals surface area contributed by atoms with Crippen molar-refractivity contribution in [3.63, 3.8) is 0 Å². The van der Waals surface area contributed by atoms with Gasteiger partial charge in [-0.1, -0.05) is 188 Å². The fourth-order valence-corrected chi connectivity index (χ4v) is 10.0. The molecule has 8 aromatic carbocycles. The minimum absolute atomic E-state index is 0.687. The predicted octanol–water partition coefficient (Wildman–Crippen LogP) is 15.3. The summed E-state index contributed by atoms with van der Waals surface area (Å²) < 4.78 is 4.73. The summed E-state index contributed by atoms with van der Waals surface area (Å²) in [5.74, 6) is 0.687. The van der Waals surface area contributed by atoms with E-state index in [1.54, 1.807) is 0 Å². The van der Waals surface area contributed by atoms with Crippen LogP contribution >= 0.6 is 11.3 Å². The molecule has 0 fully saturated rings. The van der Waals surface area contributed by atoms with Crippen LogP contribution in [0.4, 0.5) is 0 Å². The van der Waals surface area contributed by atoms with Crippen LogP contribution in [0.3, 0.4) is 0 Å². The smallest absolute Gasteiger partial charge is 0.160 e. The van der Waals surface area contributed by atoms with Gasteiger partial charge in [0, 0.05) is 58.9 Å². The van der Waals surface area contributed by atoms with Crippen molar-refractivity contribution in [3.8, 4) is 78.7 Å². The van der Waals surface area contributed by atoms with Crippen molar-refractivity contribution in [2.24, 2.45) is 0 Å². The molecule has 0 aliphatic heterocycles. The van der Waals surface area contributed by atoms with Gasteiger partial charge in [-0.3, -0.25) is 0 Å². The van der Waals surface area contributed by atoms with E-state index in [1.807, 2.05) is 29.5 Å². The number of nitrogens with zero attached hydrogens (tertiary/aromatic N) is 4. The third kappa shape index (κ3) is 6.18. The zero-order valence-electron chi connectivity index (χ0n) is 33.5. The number of hydrogen-bond donors (Lipinski definition) is 0. The van der Waals surface area contributed by atoms with Crippen molar-refractivity contribution < 1.29 is 0 Å². The third-order valence-corrected chi connectivity index (χ3v) is 13.0. The van der Waals surface area contributed by atoms with Crippen molar-refractivity contribution in [1.82, 2.24) is 19.6 Å². The highest BCUT2D eigenvalue weighted by molar-refractivity contribution is 7.25. The van der Waals surface area contributed by atoms with E-state index in [0.717, 1.165) is 78.2 Å². The molecule has 0 unspecified atom stereocenters. The molecule has 0 aliphatic carbocycles. The van der Waals surface area contributed by atoms with E-state index >= 15 is 0 Å². The van der Waals surface area contributed by atoms with E-state index in [2.05, 4.69) is 205 Å². The van der Waals surface area contributed by atoms with Gasteiger partial charge >= 0.3 is 0 Å². The minimum Gasteiger partial charge on any atom is -0.231 e. The molecule has 12 rings (SSSR count). The molecule has 4 heterocycles. The maximum absolute atomic E-state index is 5.41. The minimum atomic E-state index is 0.687. The second kappa shape index (κ2) is 14.9. The van der Waals surface area contributed by atoms with Crippen LogP contribution in [0.5, 0.6) is 0 Å². The highest BCUT2D eigenvalue weighted by Crippen LogP contribution is 2.43. The highest BCUT2D eigenvalue weighted by Gasteiger charge is 2.22.